The summed E-state index contributed by atoms with van der Waals surface area (Å²) in [5, 5.41) is 0. The summed E-state index contributed by atoms with van der Waals surface area (Å²) in [6, 6.07) is 11.8. The number of para-hydroxylation sites is 1. The van der Waals surface area contributed by atoms with Gasteiger partial charge in [-0.2, -0.15) is 0 Å². The first-order valence-corrected chi connectivity index (χ1v) is 6.16. The van der Waals surface area contributed by atoms with E-state index in [-0.39, 0.29) is 5.41 Å². The van der Waals surface area contributed by atoms with E-state index in [1.165, 1.54) is 0 Å². The number of hydrogen-bond donors (Lipinski definition) is 0. The molecule has 0 fully saturated rings. The Morgan fingerprint density at radius 2 is 2.11 bits per heavy atom. The Hall–Kier alpha value is -2.36. The molecular weight excluding hydrogens is 240 g/mol. The van der Waals surface area contributed by atoms with Crippen LogP contribution in [0.15, 0.2) is 41.4 Å². The first-order chi connectivity index (χ1) is 9.33. The quantitative estimate of drug-likeness (QED) is 0.783. The molecule has 1 spiro atoms. The summed E-state index contributed by atoms with van der Waals surface area (Å²) < 4.78 is 11.0. The lowest BCUT2D eigenvalue weighted by molar-refractivity contribution is 0.328. The maximum absolute atomic E-state index is 5.78. The van der Waals surface area contributed by atoms with Gasteiger partial charge in [0.2, 0.25) is 5.88 Å². The van der Waals surface area contributed by atoms with Crippen molar-refractivity contribution < 1.29 is 9.47 Å². The minimum atomic E-state index is -0.361. The van der Waals surface area contributed by atoms with E-state index >= 15 is 0 Å². The molecule has 4 heteroatoms. The number of hydrogen-bond acceptors (Lipinski definition) is 4. The molecule has 0 saturated heterocycles. The molecule has 0 bridgehead atoms. The summed E-state index contributed by atoms with van der Waals surface area (Å²) >= 11 is 0. The number of fused-ring (bicyclic) bond motifs is 4. The van der Waals surface area contributed by atoms with Gasteiger partial charge in [0.25, 0.3) is 0 Å². The predicted octanol–water partition coefficient (Wildman–Crippen LogP) is 2.48. The second kappa shape index (κ2) is 3.57. The molecule has 2 aliphatic heterocycles. The molecule has 3 heterocycles. The van der Waals surface area contributed by atoms with Gasteiger partial charge in [-0.25, -0.2) is 4.98 Å². The largest absolute Gasteiger partial charge is 0.490 e. The van der Waals surface area contributed by atoms with Gasteiger partial charge in [-0.1, -0.05) is 18.2 Å². The van der Waals surface area contributed by atoms with Gasteiger partial charge >= 0.3 is 0 Å². The predicted molar refractivity (Wildman–Crippen MR) is 71.7 cm³/mol. The number of methoxy groups -OCH3 is 1. The van der Waals surface area contributed by atoms with Crippen LogP contribution in [0.2, 0.25) is 0 Å². The monoisotopic (exact) mass is 252 g/mol. The van der Waals surface area contributed by atoms with Crippen molar-refractivity contribution in [1.29, 1.82) is 0 Å². The average Bonchev–Trinajstić information content (AvgIpc) is 3.03. The number of rotatable bonds is 1. The Morgan fingerprint density at radius 1 is 1.21 bits per heavy atom. The van der Waals surface area contributed by atoms with E-state index in [1.54, 1.807) is 7.11 Å². The van der Waals surface area contributed by atoms with E-state index in [0.29, 0.717) is 12.5 Å². The smallest absolute Gasteiger partial charge is 0.213 e. The molecule has 0 radical (unpaired) electrons. The number of benzene rings is 1. The molecule has 0 amide bonds. The van der Waals surface area contributed by atoms with E-state index in [9.17, 15) is 0 Å². The van der Waals surface area contributed by atoms with Crippen molar-refractivity contribution in [2.45, 2.75) is 5.41 Å². The molecule has 94 valence electrons. The van der Waals surface area contributed by atoms with Crippen molar-refractivity contribution in [2.24, 2.45) is 4.99 Å². The van der Waals surface area contributed by atoms with E-state index in [2.05, 4.69) is 16.0 Å². The maximum Gasteiger partial charge on any atom is 0.213 e. The summed E-state index contributed by atoms with van der Waals surface area (Å²) in [4.78, 5) is 9.07. The van der Waals surface area contributed by atoms with Gasteiger partial charge in [-0.05, 0) is 17.7 Å². The van der Waals surface area contributed by atoms with Crippen molar-refractivity contribution >= 4 is 11.9 Å². The molecule has 1 atom stereocenters. The van der Waals surface area contributed by atoms with Crippen molar-refractivity contribution in [3.05, 3.63) is 47.7 Å². The number of pyridine rings is 1. The lowest BCUT2D eigenvalue weighted by Crippen LogP contribution is -2.29. The molecule has 0 N–H and O–H groups in total. The van der Waals surface area contributed by atoms with E-state index < -0.39 is 0 Å². The van der Waals surface area contributed by atoms with Crippen LogP contribution >= 0.6 is 0 Å². The summed E-state index contributed by atoms with van der Waals surface area (Å²) in [6.07, 6.45) is 1.94. The fourth-order valence-corrected chi connectivity index (χ4v) is 2.75. The Balaban J connectivity index is 1.96. The maximum atomic E-state index is 5.78. The highest BCUT2D eigenvalue weighted by Gasteiger charge is 2.46. The summed E-state index contributed by atoms with van der Waals surface area (Å²) in [5.41, 5.74) is 2.67. The zero-order chi connectivity index (χ0) is 12.9. The van der Waals surface area contributed by atoms with Crippen LogP contribution in [0.1, 0.15) is 11.3 Å². The first-order valence-electron chi connectivity index (χ1n) is 6.16. The van der Waals surface area contributed by atoms with Gasteiger partial charge < -0.3 is 9.47 Å². The highest BCUT2D eigenvalue weighted by atomic mass is 16.5. The summed E-state index contributed by atoms with van der Waals surface area (Å²) in [6.45, 7) is 0.545. The third kappa shape index (κ3) is 1.28. The van der Waals surface area contributed by atoms with Crippen LogP contribution in [0, 0.1) is 0 Å². The van der Waals surface area contributed by atoms with Gasteiger partial charge in [0, 0.05) is 12.3 Å². The van der Waals surface area contributed by atoms with Crippen LogP contribution in [0.5, 0.6) is 11.6 Å². The van der Waals surface area contributed by atoms with Crippen LogP contribution in [0.3, 0.4) is 0 Å². The van der Waals surface area contributed by atoms with Gasteiger partial charge in [0.15, 0.2) is 0 Å². The number of aliphatic imine (C=N–C) groups is 1. The second-order valence-electron chi connectivity index (χ2n) is 4.74. The van der Waals surface area contributed by atoms with Crippen LogP contribution in [0.25, 0.3) is 0 Å². The van der Waals surface area contributed by atoms with Gasteiger partial charge in [-0.3, -0.25) is 4.99 Å². The highest BCUT2D eigenvalue weighted by Crippen LogP contribution is 2.48. The van der Waals surface area contributed by atoms with Crippen LogP contribution in [0.4, 0.5) is 5.69 Å². The van der Waals surface area contributed by atoms with Gasteiger partial charge in [-0.15, -0.1) is 0 Å². The molecule has 0 saturated carbocycles. The topological polar surface area (TPSA) is 43.7 Å². The van der Waals surface area contributed by atoms with Gasteiger partial charge in [0.05, 0.1) is 12.8 Å². The summed E-state index contributed by atoms with van der Waals surface area (Å²) in [7, 11) is 1.62. The molecule has 1 unspecified atom stereocenters. The number of aromatic nitrogens is 1. The number of nitrogens with zero attached hydrogens (tertiary/aromatic N) is 2. The Kier molecular flexibility index (Phi) is 1.98. The molecule has 19 heavy (non-hydrogen) atoms. The van der Waals surface area contributed by atoms with Crippen LogP contribution < -0.4 is 9.47 Å². The molecule has 1 aromatic heterocycles. The Bertz CT molecular complexity index is 696. The van der Waals surface area contributed by atoms with E-state index in [0.717, 1.165) is 22.7 Å². The fourth-order valence-electron chi connectivity index (χ4n) is 2.75. The lowest BCUT2D eigenvalue weighted by atomic mass is 9.81. The van der Waals surface area contributed by atoms with Crippen LogP contribution in [-0.2, 0) is 5.41 Å². The summed E-state index contributed by atoms with van der Waals surface area (Å²) in [5.74, 6) is 1.41. The SMILES string of the molecule is COc1ccc2c(n1)C1(C=Nc3ccccc31)CO2. The standard InChI is InChI=1S/C15H12N2O2/c1-18-13-7-6-12-14(17-13)15(9-19-12)8-16-11-5-3-2-4-10(11)15/h2-8H,9H2,1H3. The highest BCUT2D eigenvalue weighted by molar-refractivity contribution is 5.90. The molecule has 4 rings (SSSR count). The molecule has 1 aromatic carbocycles. The third-order valence-electron chi connectivity index (χ3n) is 3.73. The lowest BCUT2D eigenvalue weighted by Gasteiger charge is -2.19. The van der Waals surface area contributed by atoms with E-state index in [4.69, 9.17) is 9.47 Å². The van der Waals surface area contributed by atoms with Crippen molar-refractivity contribution in [3.63, 3.8) is 0 Å². The van der Waals surface area contributed by atoms with Crippen molar-refractivity contribution in [2.75, 3.05) is 13.7 Å². The minimum absolute atomic E-state index is 0.361. The zero-order valence-electron chi connectivity index (χ0n) is 10.5. The normalized spacial score (nSPS) is 22.2. The molecule has 4 nitrogen and oxygen atoms in total. The minimum Gasteiger partial charge on any atom is -0.490 e. The van der Waals surface area contributed by atoms with Gasteiger partial charge in [0.1, 0.15) is 23.5 Å². The zero-order valence-corrected chi connectivity index (χ0v) is 10.5. The van der Waals surface area contributed by atoms with Crippen LogP contribution in [-0.4, -0.2) is 24.9 Å². The van der Waals surface area contributed by atoms with Crippen molar-refractivity contribution in [3.8, 4) is 11.6 Å². The van der Waals surface area contributed by atoms with E-state index in [1.807, 2.05) is 36.5 Å². The third-order valence-corrected chi connectivity index (χ3v) is 3.73. The Labute approximate surface area is 110 Å². The number of ether oxygens (including phenoxy) is 2. The molecular formula is C15H12N2O2. The Morgan fingerprint density at radius 3 is 3.00 bits per heavy atom. The second-order valence-corrected chi connectivity index (χ2v) is 4.74. The average molecular weight is 252 g/mol. The molecule has 2 aliphatic rings. The first kappa shape index (κ1) is 10.6. The molecule has 0 aliphatic carbocycles. The van der Waals surface area contributed by atoms with Crippen molar-refractivity contribution in [1.82, 2.24) is 4.98 Å². The molecule has 2 aromatic rings. The fraction of sp³-hybridized carbons (Fsp3) is 0.200.